The molecule has 1 rings (SSSR count). The molecule has 0 radical (unpaired) electrons. The number of rotatable bonds is 1. The predicted octanol–water partition coefficient (Wildman–Crippen LogP) is 0.221. The van der Waals surface area contributed by atoms with Crippen molar-refractivity contribution in [3.05, 3.63) is 0 Å². The van der Waals surface area contributed by atoms with Gasteiger partial charge in [-0.2, -0.15) is 0 Å². The minimum atomic E-state index is -0.833. The summed E-state index contributed by atoms with van der Waals surface area (Å²) >= 11 is 0. The molecule has 0 spiro atoms. The Balaban J connectivity index is 0.000000310. The maximum atomic E-state index is 9.00. The van der Waals surface area contributed by atoms with Crippen LogP contribution in [-0.2, 0) is 14.3 Å². The third kappa shape index (κ3) is 6.51. The summed E-state index contributed by atoms with van der Waals surface area (Å²) in [5.41, 5.74) is 0. The Labute approximate surface area is 77.3 Å². The first-order valence-corrected chi connectivity index (χ1v) is 3.99. The van der Waals surface area contributed by atoms with Crippen LogP contribution in [0, 0.1) is 0 Å². The van der Waals surface area contributed by atoms with E-state index in [0.717, 1.165) is 6.92 Å². The highest BCUT2D eigenvalue weighted by atomic mass is 16.7. The lowest BCUT2D eigenvalue weighted by Gasteiger charge is -2.15. The van der Waals surface area contributed by atoms with E-state index >= 15 is 0 Å². The van der Waals surface area contributed by atoms with E-state index in [1.807, 2.05) is 13.8 Å². The Hall–Kier alpha value is -0.650. The third-order valence-electron chi connectivity index (χ3n) is 1.27. The second-order valence-electron chi connectivity index (χ2n) is 3.15. The van der Waals surface area contributed by atoms with Gasteiger partial charge in [0.1, 0.15) is 6.10 Å². The van der Waals surface area contributed by atoms with E-state index in [1.54, 1.807) is 0 Å². The van der Waals surface area contributed by atoms with Crippen LogP contribution in [0.4, 0.5) is 0 Å². The number of ether oxygens (including phenoxy) is 2. The summed E-state index contributed by atoms with van der Waals surface area (Å²) in [4.78, 5) is 9.00. The molecule has 1 saturated heterocycles. The highest BCUT2D eigenvalue weighted by Crippen LogP contribution is 2.21. The standard InChI is InChI=1S/C6H12O3.C2H4O2/c1-6(2)8-4-5(3-7)9-6;1-2(3)4/h5,7H,3-4H2,1-2H3;1H3,(H,3,4). The van der Waals surface area contributed by atoms with Gasteiger partial charge in [-0.05, 0) is 13.8 Å². The highest BCUT2D eigenvalue weighted by Gasteiger charge is 2.31. The Morgan fingerprint density at radius 2 is 2.08 bits per heavy atom. The second-order valence-corrected chi connectivity index (χ2v) is 3.15. The number of hydrogen-bond donors (Lipinski definition) is 2. The topological polar surface area (TPSA) is 76.0 Å². The largest absolute Gasteiger partial charge is 0.481 e. The van der Waals surface area contributed by atoms with Crippen LogP contribution in [0.2, 0.25) is 0 Å². The van der Waals surface area contributed by atoms with Gasteiger partial charge in [0, 0.05) is 6.92 Å². The van der Waals surface area contributed by atoms with Crippen LogP contribution in [0.5, 0.6) is 0 Å². The van der Waals surface area contributed by atoms with Gasteiger partial charge in [0.15, 0.2) is 5.79 Å². The fourth-order valence-electron chi connectivity index (χ4n) is 0.853. The van der Waals surface area contributed by atoms with Crippen molar-refractivity contribution in [3.8, 4) is 0 Å². The van der Waals surface area contributed by atoms with Crippen LogP contribution in [0.1, 0.15) is 20.8 Å². The minimum absolute atomic E-state index is 0.0451. The molecular weight excluding hydrogens is 176 g/mol. The molecule has 78 valence electrons. The molecule has 1 aliphatic heterocycles. The monoisotopic (exact) mass is 192 g/mol. The number of carbonyl (C=O) groups is 1. The maximum absolute atomic E-state index is 9.00. The molecule has 0 aromatic heterocycles. The molecule has 0 aromatic carbocycles. The molecule has 5 heteroatoms. The number of carboxylic acids is 1. The zero-order valence-electron chi connectivity index (χ0n) is 8.11. The van der Waals surface area contributed by atoms with E-state index in [-0.39, 0.29) is 12.7 Å². The smallest absolute Gasteiger partial charge is 0.300 e. The zero-order valence-corrected chi connectivity index (χ0v) is 8.11. The summed E-state index contributed by atoms with van der Waals surface area (Å²) in [6.07, 6.45) is -0.125. The molecule has 1 heterocycles. The first kappa shape index (κ1) is 12.3. The van der Waals surface area contributed by atoms with Crippen molar-refractivity contribution in [1.82, 2.24) is 0 Å². The van der Waals surface area contributed by atoms with Crippen molar-refractivity contribution < 1.29 is 24.5 Å². The summed E-state index contributed by atoms with van der Waals surface area (Å²) < 4.78 is 10.4. The lowest BCUT2D eigenvalue weighted by molar-refractivity contribution is -0.142. The van der Waals surface area contributed by atoms with Gasteiger partial charge in [0.2, 0.25) is 0 Å². The molecule has 0 bridgehead atoms. The molecule has 1 fully saturated rings. The number of hydrogen-bond acceptors (Lipinski definition) is 4. The molecule has 5 nitrogen and oxygen atoms in total. The fourth-order valence-corrected chi connectivity index (χ4v) is 0.853. The van der Waals surface area contributed by atoms with Crippen LogP contribution >= 0.6 is 0 Å². The van der Waals surface area contributed by atoms with Crippen LogP contribution in [0.15, 0.2) is 0 Å². The molecule has 1 unspecified atom stereocenters. The van der Waals surface area contributed by atoms with Crippen LogP contribution in [-0.4, -0.2) is 41.3 Å². The summed E-state index contributed by atoms with van der Waals surface area (Å²) in [6.45, 7) is 5.30. The lowest BCUT2D eigenvalue weighted by atomic mass is 10.4. The number of aliphatic hydroxyl groups excluding tert-OH is 1. The summed E-state index contributed by atoms with van der Waals surface area (Å²) in [6, 6.07) is 0. The fraction of sp³-hybridized carbons (Fsp3) is 0.875. The number of aliphatic carboxylic acids is 1. The Morgan fingerprint density at radius 3 is 2.23 bits per heavy atom. The zero-order chi connectivity index (χ0) is 10.5. The summed E-state index contributed by atoms with van der Waals surface area (Å²) in [7, 11) is 0. The molecule has 0 aromatic rings. The van der Waals surface area contributed by atoms with Crippen molar-refractivity contribution in [1.29, 1.82) is 0 Å². The third-order valence-corrected chi connectivity index (χ3v) is 1.27. The van der Waals surface area contributed by atoms with Gasteiger partial charge in [-0.3, -0.25) is 4.79 Å². The van der Waals surface area contributed by atoms with Crippen molar-refractivity contribution in [2.24, 2.45) is 0 Å². The van der Waals surface area contributed by atoms with Crippen molar-refractivity contribution >= 4 is 5.97 Å². The Kier molecular flexibility index (Phi) is 4.90. The predicted molar refractivity (Wildman–Crippen MR) is 45.3 cm³/mol. The SMILES string of the molecule is CC(=O)O.CC1(C)OCC(CO)O1. The Bertz CT molecular complexity index is 162. The van der Waals surface area contributed by atoms with E-state index in [1.165, 1.54) is 0 Å². The summed E-state index contributed by atoms with van der Waals surface area (Å²) in [5, 5.41) is 16.0. The normalized spacial score (nSPS) is 24.8. The molecule has 1 aliphatic rings. The van der Waals surface area contributed by atoms with Crippen LogP contribution < -0.4 is 0 Å². The average molecular weight is 192 g/mol. The van der Waals surface area contributed by atoms with Crippen molar-refractivity contribution in [3.63, 3.8) is 0 Å². The maximum Gasteiger partial charge on any atom is 0.300 e. The van der Waals surface area contributed by atoms with E-state index in [2.05, 4.69) is 0 Å². The second kappa shape index (κ2) is 5.16. The molecule has 0 amide bonds. The molecule has 2 N–H and O–H groups in total. The minimum Gasteiger partial charge on any atom is -0.481 e. The summed E-state index contributed by atoms with van der Waals surface area (Å²) in [5.74, 6) is -1.33. The van der Waals surface area contributed by atoms with Crippen LogP contribution in [0.3, 0.4) is 0 Å². The number of carboxylic acid groups (broad SMARTS) is 1. The van der Waals surface area contributed by atoms with E-state index in [0.29, 0.717) is 6.61 Å². The van der Waals surface area contributed by atoms with Gasteiger partial charge in [0.25, 0.3) is 5.97 Å². The number of aliphatic hydroxyl groups is 1. The average Bonchev–Trinajstić information content (AvgIpc) is 2.28. The van der Waals surface area contributed by atoms with E-state index in [9.17, 15) is 0 Å². The van der Waals surface area contributed by atoms with E-state index < -0.39 is 11.8 Å². The highest BCUT2D eigenvalue weighted by molar-refractivity contribution is 5.62. The van der Waals surface area contributed by atoms with Crippen LogP contribution in [0.25, 0.3) is 0 Å². The molecule has 0 aliphatic carbocycles. The van der Waals surface area contributed by atoms with Gasteiger partial charge in [-0.1, -0.05) is 0 Å². The quantitative estimate of drug-likeness (QED) is 0.621. The molecular formula is C8H16O5. The van der Waals surface area contributed by atoms with Gasteiger partial charge >= 0.3 is 0 Å². The molecule has 1 atom stereocenters. The van der Waals surface area contributed by atoms with Crippen molar-refractivity contribution in [2.45, 2.75) is 32.7 Å². The van der Waals surface area contributed by atoms with Gasteiger partial charge in [-0.15, -0.1) is 0 Å². The lowest BCUT2D eigenvalue weighted by Crippen LogP contribution is -2.22. The van der Waals surface area contributed by atoms with E-state index in [4.69, 9.17) is 24.5 Å². The first-order chi connectivity index (χ1) is 5.87. The first-order valence-electron chi connectivity index (χ1n) is 3.99. The van der Waals surface area contributed by atoms with Gasteiger partial charge < -0.3 is 19.7 Å². The van der Waals surface area contributed by atoms with Gasteiger partial charge in [0.05, 0.1) is 13.2 Å². The van der Waals surface area contributed by atoms with Crippen molar-refractivity contribution in [2.75, 3.05) is 13.2 Å². The Morgan fingerprint density at radius 1 is 1.62 bits per heavy atom. The molecule has 0 saturated carbocycles. The van der Waals surface area contributed by atoms with Gasteiger partial charge in [-0.25, -0.2) is 0 Å². The molecule has 13 heavy (non-hydrogen) atoms.